The lowest BCUT2D eigenvalue weighted by atomic mass is 10.2. The van der Waals surface area contributed by atoms with E-state index in [2.05, 4.69) is 5.32 Å². The van der Waals surface area contributed by atoms with Crippen molar-refractivity contribution >= 4 is 29.9 Å². The lowest BCUT2D eigenvalue weighted by Gasteiger charge is -2.25. The molecule has 1 aromatic rings. The van der Waals surface area contributed by atoms with E-state index in [-0.39, 0.29) is 24.4 Å². The van der Waals surface area contributed by atoms with Gasteiger partial charge < -0.3 is 15.0 Å². The van der Waals surface area contributed by atoms with Crippen LogP contribution < -0.4 is 5.32 Å². The van der Waals surface area contributed by atoms with Crippen LogP contribution in [-0.2, 0) is 16.1 Å². The molecular weight excluding hydrogens is 299 g/mol. The molecule has 1 unspecified atom stereocenters. The summed E-state index contributed by atoms with van der Waals surface area (Å²) in [6.45, 7) is 2.80. The summed E-state index contributed by atoms with van der Waals surface area (Å²) in [6, 6.07) is 7.58. The maximum Gasteiger partial charge on any atom is 0.225 e. The maximum absolute atomic E-state index is 12.1. The molecule has 1 fully saturated rings. The number of carbonyl (C=O) groups excluding carboxylic acids is 1. The van der Waals surface area contributed by atoms with E-state index >= 15 is 0 Å². The highest BCUT2D eigenvalue weighted by Gasteiger charge is 2.20. The van der Waals surface area contributed by atoms with Crippen molar-refractivity contribution < 1.29 is 9.53 Å². The molecule has 1 aromatic carbocycles. The molecule has 1 heterocycles. The zero-order chi connectivity index (χ0) is 13.7. The largest absolute Gasteiger partial charge is 0.375 e. The first kappa shape index (κ1) is 17.2. The number of ether oxygens (including phenoxy) is 1. The Morgan fingerprint density at radius 2 is 2.25 bits per heavy atom. The number of nitrogens with zero attached hydrogens (tertiary/aromatic N) is 1. The molecule has 4 nitrogen and oxygen atoms in total. The topological polar surface area (TPSA) is 41.6 Å². The number of rotatable bonds is 4. The molecular formula is C14H20Cl2N2O2. The highest BCUT2D eigenvalue weighted by atomic mass is 35.5. The molecule has 1 N–H and O–H groups in total. The van der Waals surface area contributed by atoms with E-state index in [0.29, 0.717) is 24.6 Å². The van der Waals surface area contributed by atoms with Crippen LogP contribution in [-0.4, -0.2) is 43.7 Å². The molecule has 20 heavy (non-hydrogen) atoms. The molecule has 112 valence electrons. The van der Waals surface area contributed by atoms with Crippen molar-refractivity contribution in [1.29, 1.82) is 0 Å². The van der Waals surface area contributed by atoms with E-state index in [1.54, 1.807) is 11.9 Å². The van der Waals surface area contributed by atoms with Gasteiger partial charge in [0.15, 0.2) is 0 Å². The van der Waals surface area contributed by atoms with Crippen LogP contribution in [0.5, 0.6) is 0 Å². The van der Waals surface area contributed by atoms with E-state index in [1.807, 2.05) is 24.3 Å². The van der Waals surface area contributed by atoms with Gasteiger partial charge >= 0.3 is 0 Å². The summed E-state index contributed by atoms with van der Waals surface area (Å²) in [5.74, 6) is 0.0774. The Labute approximate surface area is 130 Å². The summed E-state index contributed by atoms with van der Waals surface area (Å²) in [6.07, 6.45) is 0.392. The standard InChI is InChI=1S/C14H19ClN2O2.ClH/c1-17(10-11-4-2-3-5-13(11)15)14(18)8-12-9-16-6-7-19-12;/h2-5,12,16H,6-10H2,1H3;1H. The number of benzene rings is 1. The predicted octanol–water partition coefficient (Wildman–Crippen LogP) is 2.10. The van der Waals surface area contributed by atoms with Gasteiger partial charge in [0.25, 0.3) is 0 Å². The predicted molar refractivity (Wildman–Crippen MR) is 82.4 cm³/mol. The minimum absolute atomic E-state index is 0. The number of carbonyl (C=O) groups is 1. The van der Waals surface area contributed by atoms with Gasteiger partial charge in [-0.05, 0) is 11.6 Å². The van der Waals surface area contributed by atoms with Crippen molar-refractivity contribution in [2.45, 2.75) is 19.1 Å². The summed E-state index contributed by atoms with van der Waals surface area (Å²) in [5.41, 5.74) is 0.961. The van der Waals surface area contributed by atoms with Gasteiger partial charge in [0.1, 0.15) is 0 Å². The second-order valence-corrected chi connectivity index (χ2v) is 5.15. The summed E-state index contributed by atoms with van der Waals surface area (Å²) >= 11 is 6.09. The first-order chi connectivity index (χ1) is 9.16. The fourth-order valence-corrected chi connectivity index (χ4v) is 2.27. The van der Waals surface area contributed by atoms with Crippen molar-refractivity contribution in [2.24, 2.45) is 0 Å². The van der Waals surface area contributed by atoms with Crippen molar-refractivity contribution in [2.75, 3.05) is 26.7 Å². The van der Waals surface area contributed by atoms with Crippen LogP contribution in [0, 0.1) is 0 Å². The van der Waals surface area contributed by atoms with Gasteiger partial charge in [-0.15, -0.1) is 12.4 Å². The molecule has 0 aromatic heterocycles. The second-order valence-electron chi connectivity index (χ2n) is 4.74. The highest BCUT2D eigenvalue weighted by Crippen LogP contribution is 2.17. The van der Waals surface area contributed by atoms with Gasteiger partial charge in [-0.25, -0.2) is 0 Å². The quantitative estimate of drug-likeness (QED) is 0.924. The average Bonchev–Trinajstić information content (AvgIpc) is 2.42. The molecule has 1 aliphatic rings. The van der Waals surface area contributed by atoms with Crippen LogP contribution in [0.15, 0.2) is 24.3 Å². The van der Waals surface area contributed by atoms with Crippen LogP contribution in [0.4, 0.5) is 0 Å². The molecule has 1 saturated heterocycles. The van der Waals surface area contributed by atoms with Gasteiger partial charge in [0.05, 0.1) is 19.1 Å². The zero-order valence-corrected chi connectivity index (χ0v) is 13.0. The summed E-state index contributed by atoms with van der Waals surface area (Å²) < 4.78 is 5.54. The van der Waals surface area contributed by atoms with Gasteiger partial charge in [-0.3, -0.25) is 4.79 Å². The van der Waals surface area contributed by atoms with E-state index in [1.165, 1.54) is 0 Å². The molecule has 1 aliphatic heterocycles. The van der Waals surface area contributed by atoms with Gasteiger partial charge in [0.2, 0.25) is 5.91 Å². The van der Waals surface area contributed by atoms with Crippen LogP contribution in [0.1, 0.15) is 12.0 Å². The van der Waals surface area contributed by atoms with E-state index in [0.717, 1.165) is 18.7 Å². The Morgan fingerprint density at radius 1 is 1.50 bits per heavy atom. The number of amides is 1. The lowest BCUT2D eigenvalue weighted by molar-refractivity contribution is -0.133. The molecule has 0 spiro atoms. The van der Waals surface area contributed by atoms with Crippen LogP contribution in [0.2, 0.25) is 5.02 Å². The molecule has 1 atom stereocenters. The van der Waals surface area contributed by atoms with Crippen molar-refractivity contribution in [3.8, 4) is 0 Å². The van der Waals surface area contributed by atoms with Crippen molar-refractivity contribution in [3.63, 3.8) is 0 Å². The van der Waals surface area contributed by atoms with Crippen molar-refractivity contribution in [1.82, 2.24) is 10.2 Å². The fraction of sp³-hybridized carbons (Fsp3) is 0.500. The van der Waals surface area contributed by atoms with Crippen molar-refractivity contribution in [3.05, 3.63) is 34.9 Å². The first-order valence-electron chi connectivity index (χ1n) is 6.46. The minimum atomic E-state index is -0.0186. The SMILES string of the molecule is CN(Cc1ccccc1Cl)C(=O)CC1CNCCO1.Cl. The molecule has 0 saturated carbocycles. The zero-order valence-electron chi connectivity index (χ0n) is 11.5. The molecule has 0 aliphatic carbocycles. The third-order valence-electron chi connectivity index (χ3n) is 3.20. The normalized spacial score (nSPS) is 18.2. The summed E-state index contributed by atoms with van der Waals surface area (Å²) in [4.78, 5) is 13.8. The van der Waals surface area contributed by atoms with Crippen LogP contribution in [0.25, 0.3) is 0 Å². The van der Waals surface area contributed by atoms with Crippen LogP contribution in [0.3, 0.4) is 0 Å². The average molecular weight is 319 g/mol. The number of halogens is 2. The molecule has 0 radical (unpaired) electrons. The number of morpholine rings is 1. The monoisotopic (exact) mass is 318 g/mol. The molecule has 0 bridgehead atoms. The maximum atomic E-state index is 12.1. The number of hydrogen-bond donors (Lipinski definition) is 1. The van der Waals surface area contributed by atoms with E-state index in [4.69, 9.17) is 16.3 Å². The summed E-state index contributed by atoms with van der Waals surface area (Å²) in [7, 11) is 1.79. The molecule has 6 heteroatoms. The third kappa shape index (κ3) is 4.94. The number of hydrogen-bond acceptors (Lipinski definition) is 3. The van der Waals surface area contributed by atoms with E-state index < -0.39 is 0 Å². The third-order valence-corrected chi connectivity index (χ3v) is 3.57. The summed E-state index contributed by atoms with van der Waals surface area (Å²) in [5, 5.41) is 3.91. The van der Waals surface area contributed by atoms with Crippen LogP contribution >= 0.6 is 24.0 Å². The fourth-order valence-electron chi connectivity index (χ4n) is 2.07. The first-order valence-corrected chi connectivity index (χ1v) is 6.84. The van der Waals surface area contributed by atoms with E-state index in [9.17, 15) is 4.79 Å². The smallest absolute Gasteiger partial charge is 0.225 e. The minimum Gasteiger partial charge on any atom is -0.375 e. The highest BCUT2D eigenvalue weighted by molar-refractivity contribution is 6.31. The van der Waals surface area contributed by atoms with Gasteiger partial charge in [-0.1, -0.05) is 29.8 Å². The Bertz CT molecular complexity index is 437. The molecule has 1 amide bonds. The Kier molecular flexibility index (Phi) is 7.30. The van der Waals surface area contributed by atoms with Gasteiger partial charge in [-0.2, -0.15) is 0 Å². The Hall–Kier alpha value is -0.810. The number of nitrogens with one attached hydrogen (secondary N) is 1. The Balaban J connectivity index is 0.00000200. The van der Waals surface area contributed by atoms with Gasteiger partial charge in [0, 0.05) is 31.7 Å². The second kappa shape index (κ2) is 8.47. The Morgan fingerprint density at radius 3 is 2.90 bits per heavy atom. The molecule has 2 rings (SSSR count). The lowest BCUT2D eigenvalue weighted by Crippen LogP contribution is -2.41.